The Morgan fingerprint density at radius 1 is 1.12 bits per heavy atom. The number of benzene rings is 1. The maximum absolute atomic E-state index is 5.97. The molecule has 2 aromatic rings. The van der Waals surface area contributed by atoms with Gasteiger partial charge in [0, 0.05) is 44.6 Å². The average Bonchev–Trinajstić information content (AvgIpc) is 2.62. The first-order chi connectivity index (χ1) is 12.1. The number of nitrogens with zero attached hydrogens (tertiary/aromatic N) is 4. The van der Waals surface area contributed by atoms with E-state index in [4.69, 9.17) is 17.3 Å². The van der Waals surface area contributed by atoms with Gasteiger partial charge in [0.15, 0.2) is 0 Å². The fraction of sp³-hybridized carbons (Fsp3) is 0.412. The summed E-state index contributed by atoms with van der Waals surface area (Å²) in [6, 6.07) is 8.29. The van der Waals surface area contributed by atoms with Crippen LogP contribution >= 0.6 is 11.6 Å². The first-order valence-electron chi connectivity index (χ1n) is 8.31. The second-order valence-corrected chi connectivity index (χ2v) is 6.37. The lowest BCUT2D eigenvalue weighted by Crippen LogP contribution is -2.44. The molecule has 1 aliphatic heterocycles. The summed E-state index contributed by atoms with van der Waals surface area (Å²) in [5.74, 6) is 1.73. The molecule has 134 valence electrons. The molecule has 0 saturated carbocycles. The molecule has 0 spiro atoms. The highest BCUT2D eigenvalue weighted by atomic mass is 35.5. The van der Waals surface area contributed by atoms with Gasteiger partial charge in [0.05, 0.1) is 11.4 Å². The molecule has 8 heteroatoms. The molecular weight excluding hydrogens is 338 g/mol. The zero-order valence-electron chi connectivity index (χ0n) is 14.6. The van der Waals surface area contributed by atoms with Gasteiger partial charge in [0.2, 0.25) is 5.95 Å². The van der Waals surface area contributed by atoms with Crippen molar-refractivity contribution in [3.05, 3.63) is 29.8 Å². The average molecular weight is 362 g/mol. The number of aromatic nitrogens is 2. The quantitative estimate of drug-likeness (QED) is 0.705. The topological polar surface area (TPSA) is 82.3 Å². The molecule has 1 fully saturated rings. The molecule has 0 atom stereocenters. The molecule has 1 aromatic heterocycles. The second-order valence-electron chi connectivity index (χ2n) is 6.11. The Labute approximate surface area is 153 Å². The van der Waals surface area contributed by atoms with Gasteiger partial charge in [-0.2, -0.15) is 9.97 Å². The molecule has 2 heterocycles. The van der Waals surface area contributed by atoms with Gasteiger partial charge >= 0.3 is 0 Å². The fourth-order valence-corrected chi connectivity index (χ4v) is 3.11. The fourth-order valence-electron chi connectivity index (χ4n) is 2.85. The number of nitrogens with two attached hydrogens (primary N) is 1. The Morgan fingerprint density at radius 2 is 1.80 bits per heavy atom. The lowest BCUT2D eigenvalue weighted by molar-refractivity contribution is 0.313. The van der Waals surface area contributed by atoms with Crippen LogP contribution in [0.15, 0.2) is 24.3 Å². The highest BCUT2D eigenvalue weighted by Crippen LogP contribution is 2.25. The van der Waals surface area contributed by atoms with Crippen molar-refractivity contribution in [1.29, 1.82) is 0 Å². The van der Waals surface area contributed by atoms with Crippen molar-refractivity contribution in [3.63, 3.8) is 0 Å². The van der Waals surface area contributed by atoms with Crippen LogP contribution in [0.1, 0.15) is 5.56 Å². The van der Waals surface area contributed by atoms with Gasteiger partial charge in [0.1, 0.15) is 11.6 Å². The van der Waals surface area contributed by atoms with Crippen molar-refractivity contribution in [3.8, 4) is 0 Å². The first kappa shape index (κ1) is 17.6. The SMILES string of the molecule is CNc1nc(Nc2ccc(N3CCN(C)CC3)cc2)nc(N)c1CCl. The number of nitrogens with one attached hydrogen (secondary N) is 2. The molecule has 25 heavy (non-hydrogen) atoms. The van der Waals surface area contributed by atoms with Gasteiger partial charge in [-0.15, -0.1) is 11.6 Å². The maximum atomic E-state index is 5.97. The maximum Gasteiger partial charge on any atom is 0.231 e. The van der Waals surface area contributed by atoms with Crippen molar-refractivity contribution in [2.45, 2.75) is 5.88 Å². The third-order valence-electron chi connectivity index (χ3n) is 4.40. The minimum atomic E-state index is 0.266. The van der Waals surface area contributed by atoms with Crippen LogP contribution in [-0.2, 0) is 5.88 Å². The molecule has 0 aliphatic carbocycles. The highest BCUT2D eigenvalue weighted by molar-refractivity contribution is 6.17. The first-order valence-corrected chi connectivity index (χ1v) is 8.85. The van der Waals surface area contributed by atoms with Crippen LogP contribution < -0.4 is 21.3 Å². The number of rotatable bonds is 5. The van der Waals surface area contributed by atoms with E-state index in [1.54, 1.807) is 7.05 Å². The number of likely N-dealkylation sites (N-methyl/N-ethyl adjacent to an activating group) is 1. The van der Waals surface area contributed by atoms with E-state index in [-0.39, 0.29) is 5.88 Å². The minimum Gasteiger partial charge on any atom is -0.383 e. The van der Waals surface area contributed by atoms with Crippen molar-refractivity contribution < 1.29 is 0 Å². The molecular formula is C17H24ClN7. The summed E-state index contributed by atoms with van der Waals surface area (Å²) in [7, 11) is 3.94. The molecule has 1 aliphatic rings. The number of halogens is 1. The van der Waals surface area contributed by atoms with Crippen LogP contribution in [-0.4, -0.2) is 55.1 Å². The Morgan fingerprint density at radius 3 is 2.40 bits per heavy atom. The van der Waals surface area contributed by atoms with E-state index in [1.165, 1.54) is 5.69 Å². The Kier molecular flexibility index (Phi) is 5.45. The summed E-state index contributed by atoms with van der Waals surface area (Å²) in [6.07, 6.45) is 0. The molecule has 4 N–H and O–H groups in total. The summed E-state index contributed by atoms with van der Waals surface area (Å²) in [6.45, 7) is 4.28. The largest absolute Gasteiger partial charge is 0.383 e. The molecule has 0 radical (unpaired) electrons. The number of piperazine rings is 1. The van der Waals surface area contributed by atoms with Crippen LogP contribution in [0, 0.1) is 0 Å². The van der Waals surface area contributed by atoms with E-state index in [0.717, 1.165) is 31.9 Å². The molecule has 1 saturated heterocycles. The Bertz CT molecular complexity index is 712. The van der Waals surface area contributed by atoms with Crippen molar-refractivity contribution >= 4 is 40.6 Å². The monoisotopic (exact) mass is 361 g/mol. The standard InChI is InChI=1S/C17H24ClN7/c1-20-16-14(11-18)15(19)22-17(23-16)21-12-3-5-13(6-4-12)25-9-7-24(2)8-10-25/h3-6H,7-11H2,1-2H3,(H4,19,20,21,22,23). The van der Waals surface area contributed by atoms with Crippen LogP contribution in [0.3, 0.4) is 0 Å². The van der Waals surface area contributed by atoms with E-state index in [9.17, 15) is 0 Å². The second kappa shape index (κ2) is 7.76. The Hall–Kier alpha value is -2.25. The van der Waals surface area contributed by atoms with E-state index in [1.807, 2.05) is 12.1 Å². The van der Waals surface area contributed by atoms with Gasteiger partial charge in [0.25, 0.3) is 0 Å². The van der Waals surface area contributed by atoms with Crippen molar-refractivity contribution in [1.82, 2.24) is 14.9 Å². The van der Waals surface area contributed by atoms with Gasteiger partial charge < -0.3 is 26.2 Å². The van der Waals surface area contributed by atoms with Gasteiger partial charge in [-0.05, 0) is 31.3 Å². The number of hydrogen-bond donors (Lipinski definition) is 3. The van der Waals surface area contributed by atoms with Gasteiger partial charge in [-0.3, -0.25) is 0 Å². The lowest BCUT2D eigenvalue weighted by atomic mass is 10.2. The zero-order valence-corrected chi connectivity index (χ0v) is 15.3. The summed E-state index contributed by atoms with van der Waals surface area (Å²) in [5, 5.41) is 6.20. The van der Waals surface area contributed by atoms with Crippen molar-refractivity contribution in [2.75, 3.05) is 61.5 Å². The molecule has 0 unspecified atom stereocenters. The van der Waals surface area contributed by atoms with E-state index < -0.39 is 0 Å². The van der Waals surface area contributed by atoms with E-state index >= 15 is 0 Å². The van der Waals surface area contributed by atoms with Crippen LogP contribution in [0.25, 0.3) is 0 Å². The zero-order chi connectivity index (χ0) is 17.8. The number of anilines is 5. The smallest absolute Gasteiger partial charge is 0.231 e. The summed E-state index contributed by atoms with van der Waals surface area (Å²) >= 11 is 5.90. The van der Waals surface area contributed by atoms with Gasteiger partial charge in [-0.1, -0.05) is 0 Å². The van der Waals surface area contributed by atoms with Gasteiger partial charge in [-0.25, -0.2) is 0 Å². The third-order valence-corrected chi connectivity index (χ3v) is 4.67. The molecule has 3 rings (SSSR count). The number of nitrogen functional groups attached to an aromatic ring is 1. The van der Waals surface area contributed by atoms with Crippen LogP contribution in [0.2, 0.25) is 0 Å². The predicted molar refractivity (Wildman–Crippen MR) is 105 cm³/mol. The molecule has 0 bridgehead atoms. The summed E-state index contributed by atoms with van der Waals surface area (Å²) in [5.41, 5.74) is 8.82. The summed E-state index contributed by atoms with van der Waals surface area (Å²) < 4.78 is 0. The number of hydrogen-bond acceptors (Lipinski definition) is 7. The highest BCUT2D eigenvalue weighted by Gasteiger charge is 2.14. The van der Waals surface area contributed by atoms with Crippen LogP contribution in [0.5, 0.6) is 0 Å². The molecule has 1 aromatic carbocycles. The van der Waals surface area contributed by atoms with Crippen LogP contribution in [0.4, 0.5) is 29.0 Å². The predicted octanol–water partition coefficient (Wildman–Crippen LogP) is 2.33. The molecule has 0 amide bonds. The normalized spacial score (nSPS) is 15.2. The minimum absolute atomic E-state index is 0.266. The third kappa shape index (κ3) is 4.05. The molecule has 7 nitrogen and oxygen atoms in total. The van der Waals surface area contributed by atoms with Crippen molar-refractivity contribution in [2.24, 2.45) is 0 Å². The number of alkyl halides is 1. The lowest BCUT2D eigenvalue weighted by Gasteiger charge is -2.34. The van der Waals surface area contributed by atoms with E-state index in [2.05, 4.69) is 49.6 Å². The summed E-state index contributed by atoms with van der Waals surface area (Å²) in [4.78, 5) is 13.4. The van der Waals surface area contributed by atoms with E-state index in [0.29, 0.717) is 23.1 Å². The Balaban J connectivity index is 1.72.